The highest BCUT2D eigenvalue weighted by Crippen LogP contribution is 1.99. The van der Waals surface area contributed by atoms with E-state index in [1.165, 1.54) is 0 Å². The van der Waals surface area contributed by atoms with Gasteiger partial charge >= 0.3 is 0 Å². The Bertz CT molecular complexity index is 188. The van der Waals surface area contributed by atoms with Gasteiger partial charge < -0.3 is 4.90 Å². The van der Waals surface area contributed by atoms with Crippen LogP contribution >= 0.6 is 11.6 Å². The number of hydrogen-bond donors (Lipinski definition) is 0. The van der Waals surface area contributed by atoms with Gasteiger partial charge in [-0.2, -0.15) is 5.26 Å². The molecule has 0 radical (unpaired) electrons. The number of rotatable bonds is 4. The van der Waals surface area contributed by atoms with Crippen molar-refractivity contribution in [3.05, 3.63) is 0 Å². The first kappa shape index (κ1) is 11.2. The molecular formula is C8H13ClN2O. The molecule has 1 atom stereocenters. The van der Waals surface area contributed by atoms with Crippen LogP contribution in [-0.4, -0.2) is 29.8 Å². The second-order valence-electron chi connectivity index (χ2n) is 2.60. The molecule has 0 bridgehead atoms. The highest BCUT2D eigenvalue weighted by atomic mass is 35.5. The lowest BCUT2D eigenvalue weighted by atomic mass is 10.2. The molecule has 0 aromatic carbocycles. The third kappa shape index (κ3) is 3.59. The smallest absolute Gasteiger partial charge is 0.237 e. The van der Waals surface area contributed by atoms with Crippen molar-refractivity contribution < 1.29 is 4.79 Å². The SMILES string of the molecule is CCN(C[C@@H](C)C#N)C(=O)CCl. The Kier molecular flexibility index (Phi) is 5.48. The largest absolute Gasteiger partial charge is 0.341 e. The van der Waals surface area contributed by atoms with E-state index in [1.54, 1.807) is 11.8 Å². The second-order valence-corrected chi connectivity index (χ2v) is 2.86. The number of hydrogen-bond acceptors (Lipinski definition) is 2. The van der Waals surface area contributed by atoms with E-state index in [0.29, 0.717) is 13.1 Å². The molecule has 3 nitrogen and oxygen atoms in total. The predicted molar refractivity (Wildman–Crippen MR) is 47.8 cm³/mol. The van der Waals surface area contributed by atoms with Gasteiger partial charge in [-0.15, -0.1) is 11.6 Å². The number of halogens is 1. The molecule has 12 heavy (non-hydrogen) atoms. The summed E-state index contributed by atoms with van der Waals surface area (Å²) in [5, 5.41) is 8.51. The summed E-state index contributed by atoms with van der Waals surface area (Å²) in [6, 6.07) is 2.07. The molecule has 4 heteroatoms. The van der Waals surface area contributed by atoms with E-state index in [2.05, 4.69) is 6.07 Å². The number of nitrogens with zero attached hydrogens (tertiary/aromatic N) is 2. The van der Waals surface area contributed by atoms with E-state index >= 15 is 0 Å². The van der Waals surface area contributed by atoms with Crippen LogP contribution < -0.4 is 0 Å². The van der Waals surface area contributed by atoms with Crippen LogP contribution in [0.4, 0.5) is 0 Å². The van der Waals surface area contributed by atoms with Crippen molar-refractivity contribution in [3.63, 3.8) is 0 Å². The normalized spacial score (nSPS) is 11.8. The average Bonchev–Trinajstić information content (AvgIpc) is 2.12. The molecule has 0 aliphatic rings. The molecule has 0 aromatic rings. The lowest BCUT2D eigenvalue weighted by Crippen LogP contribution is -2.35. The van der Waals surface area contributed by atoms with Crippen LogP contribution in [0.5, 0.6) is 0 Å². The predicted octanol–water partition coefficient (Wildman–Crippen LogP) is 1.23. The van der Waals surface area contributed by atoms with Gasteiger partial charge in [-0.1, -0.05) is 0 Å². The van der Waals surface area contributed by atoms with Gasteiger partial charge in [0, 0.05) is 13.1 Å². The molecule has 1 amide bonds. The van der Waals surface area contributed by atoms with Crippen LogP contribution in [0.3, 0.4) is 0 Å². The molecule has 0 heterocycles. The lowest BCUT2D eigenvalue weighted by molar-refractivity contribution is -0.128. The number of carbonyl (C=O) groups excluding carboxylic acids is 1. The molecule has 68 valence electrons. The van der Waals surface area contributed by atoms with E-state index in [9.17, 15) is 4.79 Å². The van der Waals surface area contributed by atoms with Gasteiger partial charge in [-0.3, -0.25) is 4.79 Å². The minimum Gasteiger partial charge on any atom is -0.341 e. The highest BCUT2D eigenvalue weighted by molar-refractivity contribution is 6.27. The van der Waals surface area contributed by atoms with Gasteiger partial charge in [0.15, 0.2) is 0 Å². The van der Waals surface area contributed by atoms with E-state index in [4.69, 9.17) is 16.9 Å². The fraction of sp³-hybridized carbons (Fsp3) is 0.750. The van der Waals surface area contributed by atoms with Crippen LogP contribution in [0, 0.1) is 17.2 Å². The van der Waals surface area contributed by atoms with E-state index in [1.807, 2.05) is 6.92 Å². The Hall–Kier alpha value is -0.750. The van der Waals surface area contributed by atoms with Crippen LogP contribution in [0.1, 0.15) is 13.8 Å². The maximum atomic E-state index is 11.1. The number of nitriles is 1. The monoisotopic (exact) mass is 188 g/mol. The first-order valence-electron chi connectivity index (χ1n) is 3.89. The van der Waals surface area contributed by atoms with Crippen molar-refractivity contribution in [2.75, 3.05) is 19.0 Å². The third-order valence-electron chi connectivity index (χ3n) is 1.56. The molecule has 0 N–H and O–H groups in total. The maximum absolute atomic E-state index is 11.1. The van der Waals surface area contributed by atoms with E-state index in [0.717, 1.165) is 0 Å². The molecule has 0 unspecified atom stereocenters. The average molecular weight is 189 g/mol. The van der Waals surface area contributed by atoms with E-state index < -0.39 is 0 Å². The molecule has 0 saturated carbocycles. The summed E-state index contributed by atoms with van der Waals surface area (Å²) in [6.45, 7) is 4.73. The molecule has 0 saturated heterocycles. The fourth-order valence-corrected chi connectivity index (χ4v) is 1.03. The van der Waals surface area contributed by atoms with Gasteiger partial charge in [-0.25, -0.2) is 0 Å². The molecule has 0 fully saturated rings. The second kappa shape index (κ2) is 5.84. The summed E-state index contributed by atoms with van der Waals surface area (Å²) in [4.78, 5) is 12.7. The lowest BCUT2D eigenvalue weighted by Gasteiger charge is -2.20. The summed E-state index contributed by atoms with van der Waals surface area (Å²) >= 11 is 5.38. The Balaban J connectivity index is 4.01. The number of carbonyl (C=O) groups is 1. The summed E-state index contributed by atoms with van der Waals surface area (Å²) in [7, 11) is 0. The van der Waals surface area contributed by atoms with Gasteiger partial charge in [0.1, 0.15) is 5.88 Å². The minimum atomic E-state index is -0.128. The third-order valence-corrected chi connectivity index (χ3v) is 1.79. The van der Waals surface area contributed by atoms with E-state index in [-0.39, 0.29) is 17.7 Å². The molecule has 0 spiro atoms. The maximum Gasteiger partial charge on any atom is 0.237 e. The van der Waals surface area contributed by atoms with Crippen molar-refractivity contribution in [1.82, 2.24) is 4.90 Å². The van der Waals surface area contributed by atoms with Crippen LogP contribution in [0.15, 0.2) is 0 Å². The summed E-state index contributed by atoms with van der Waals surface area (Å²) in [5.41, 5.74) is 0. The Morgan fingerprint density at radius 3 is 2.67 bits per heavy atom. The standard InChI is InChI=1S/C8H13ClN2O/c1-3-11(8(12)4-9)6-7(2)5-10/h7H,3-4,6H2,1-2H3/t7-/m0/s1. The summed E-state index contributed by atoms with van der Waals surface area (Å²) < 4.78 is 0. The Morgan fingerprint density at radius 1 is 1.75 bits per heavy atom. The van der Waals surface area contributed by atoms with Crippen molar-refractivity contribution in [1.29, 1.82) is 5.26 Å². The minimum absolute atomic E-state index is 0.00795. The molecule has 0 aliphatic heterocycles. The Labute approximate surface area is 77.9 Å². The van der Waals surface area contributed by atoms with Gasteiger partial charge in [0.25, 0.3) is 0 Å². The van der Waals surface area contributed by atoms with Gasteiger partial charge in [-0.05, 0) is 13.8 Å². The van der Waals surface area contributed by atoms with Crippen LogP contribution in [-0.2, 0) is 4.79 Å². The quantitative estimate of drug-likeness (QED) is 0.623. The zero-order chi connectivity index (χ0) is 9.56. The Morgan fingerprint density at radius 2 is 2.33 bits per heavy atom. The van der Waals surface area contributed by atoms with Crippen molar-refractivity contribution in [3.8, 4) is 6.07 Å². The zero-order valence-electron chi connectivity index (χ0n) is 7.38. The first-order valence-corrected chi connectivity index (χ1v) is 4.42. The molecule has 0 aromatic heterocycles. The van der Waals surface area contributed by atoms with Crippen molar-refractivity contribution in [2.45, 2.75) is 13.8 Å². The topological polar surface area (TPSA) is 44.1 Å². The summed E-state index contributed by atoms with van der Waals surface area (Å²) in [6.07, 6.45) is 0. The zero-order valence-corrected chi connectivity index (χ0v) is 8.14. The highest BCUT2D eigenvalue weighted by Gasteiger charge is 2.12. The molecule has 0 aliphatic carbocycles. The van der Waals surface area contributed by atoms with Crippen LogP contribution in [0.25, 0.3) is 0 Å². The van der Waals surface area contributed by atoms with Crippen molar-refractivity contribution >= 4 is 17.5 Å². The van der Waals surface area contributed by atoms with Crippen molar-refractivity contribution in [2.24, 2.45) is 5.92 Å². The van der Waals surface area contributed by atoms with Gasteiger partial charge in [0.05, 0.1) is 12.0 Å². The first-order chi connectivity index (χ1) is 5.65. The van der Waals surface area contributed by atoms with Crippen LogP contribution in [0.2, 0.25) is 0 Å². The number of alkyl halides is 1. The number of amides is 1. The fourth-order valence-electron chi connectivity index (χ4n) is 0.863. The summed E-state index contributed by atoms with van der Waals surface area (Å²) in [5.74, 6) is -0.246. The van der Waals surface area contributed by atoms with Gasteiger partial charge in [0.2, 0.25) is 5.91 Å². The molecular weight excluding hydrogens is 176 g/mol. The molecule has 0 rings (SSSR count).